The van der Waals surface area contributed by atoms with Gasteiger partial charge in [-0.1, -0.05) is 30.5 Å². The minimum Gasteiger partial charge on any atom is -0.492 e. The lowest BCUT2D eigenvalue weighted by Gasteiger charge is -2.29. The fourth-order valence-corrected chi connectivity index (χ4v) is 5.79. The van der Waals surface area contributed by atoms with Crippen LogP contribution in [0.4, 0.5) is 0 Å². The molecule has 0 N–H and O–H groups in total. The second kappa shape index (κ2) is 5.07. The molecule has 0 heterocycles. The van der Waals surface area contributed by atoms with Crippen molar-refractivity contribution in [2.45, 2.75) is 26.7 Å². The molecule has 0 aliphatic heterocycles. The number of ether oxygens (including phenoxy) is 1. The molecule has 2 bridgehead atoms. The highest BCUT2D eigenvalue weighted by Crippen LogP contribution is 2.65. The monoisotopic (exact) mass is 333 g/mol. The summed E-state index contributed by atoms with van der Waals surface area (Å²) in [5.74, 6) is -1.25. The first-order chi connectivity index (χ1) is 10.8. The second-order valence-electron chi connectivity index (χ2n) is 6.68. The largest absolute Gasteiger partial charge is 0.492 e. The van der Waals surface area contributed by atoms with E-state index in [-0.39, 0.29) is 5.30 Å². The Hall–Kier alpha value is -1.87. The fraction of sp³-hybridized carbons (Fsp3) is 0.471. The van der Waals surface area contributed by atoms with Gasteiger partial charge in [-0.3, -0.25) is 9.59 Å². The van der Waals surface area contributed by atoms with E-state index in [9.17, 15) is 18.9 Å². The highest BCUT2D eigenvalue weighted by atomic mass is 31.1. The average molecular weight is 333 g/mol. The zero-order chi connectivity index (χ0) is 17.0. The molecule has 2 fully saturated rings. The quantitative estimate of drug-likeness (QED) is 0.480. The molecular weight excluding hydrogens is 315 g/mol. The van der Waals surface area contributed by atoms with E-state index < -0.39 is 41.6 Å². The van der Waals surface area contributed by atoms with Gasteiger partial charge in [0.25, 0.3) is 0 Å². The number of rotatable bonds is 4. The van der Waals surface area contributed by atoms with E-state index in [1.165, 1.54) is 7.11 Å². The zero-order valence-corrected chi connectivity index (χ0v) is 14.2. The van der Waals surface area contributed by atoms with Gasteiger partial charge in [0.2, 0.25) is 16.9 Å². The van der Waals surface area contributed by atoms with Crippen LogP contribution in [0.3, 0.4) is 0 Å². The van der Waals surface area contributed by atoms with Crippen LogP contribution in [0.2, 0.25) is 0 Å². The molecule has 3 atom stereocenters. The second-order valence-corrected chi connectivity index (χ2v) is 8.16. The van der Waals surface area contributed by atoms with E-state index in [4.69, 9.17) is 4.74 Å². The third-order valence-corrected chi connectivity index (χ3v) is 7.12. The Balaban J connectivity index is 2.08. The van der Waals surface area contributed by atoms with Crippen molar-refractivity contribution in [1.82, 2.24) is 0 Å². The van der Waals surface area contributed by atoms with E-state index in [1.54, 1.807) is 38.1 Å². The van der Waals surface area contributed by atoms with Crippen molar-refractivity contribution >= 4 is 30.2 Å². The Morgan fingerprint density at radius 1 is 1.26 bits per heavy atom. The molecule has 0 spiro atoms. The molecule has 0 radical (unpaired) electrons. The van der Waals surface area contributed by atoms with E-state index >= 15 is 0 Å². The number of fused-ring (bicyclic) bond motifs is 2. The lowest BCUT2D eigenvalue weighted by molar-refractivity contribution is -0.145. The van der Waals surface area contributed by atoms with E-state index in [0.29, 0.717) is 18.6 Å². The van der Waals surface area contributed by atoms with E-state index in [0.717, 1.165) is 0 Å². The van der Waals surface area contributed by atoms with Crippen molar-refractivity contribution in [3.63, 3.8) is 0 Å². The van der Waals surface area contributed by atoms with Gasteiger partial charge >= 0.3 is 13.3 Å². The molecule has 3 unspecified atom stereocenters. The summed E-state index contributed by atoms with van der Waals surface area (Å²) in [5.41, 5.74) is -2.88. The maximum atomic E-state index is 13.1. The van der Waals surface area contributed by atoms with Crippen molar-refractivity contribution in [3.05, 3.63) is 24.3 Å². The lowest BCUT2D eigenvalue weighted by Crippen LogP contribution is -2.43. The predicted molar refractivity (Wildman–Crippen MR) is 84.2 cm³/mol. The third kappa shape index (κ3) is 1.83. The molecule has 120 valence electrons. The molecular formula is C17H18O5P+. The van der Waals surface area contributed by atoms with Crippen molar-refractivity contribution in [3.8, 4) is 5.75 Å². The Labute approximate surface area is 135 Å². The summed E-state index contributed by atoms with van der Waals surface area (Å²) in [6.45, 7) is 3.52. The third-order valence-electron chi connectivity index (χ3n) is 5.56. The summed E-state index contributed by atoms with van der Waals surface area (Å²) in [6.07, 6.45) is 0.794. The standard InChI is InChI=1S/C17H18O5P/c1-16(2)10-8-9-17(16,14(19)13(10)18)15(20)23(21)12-7-5-4-6-11(12)22-3/h4-7,10H,8-9H2,1-3H3/q+1. The molecule has 5 nitrogen and oxygen atoms in total. The van der Waals surface area contributed by atoms with Crippen LogP contribution < -0.4 is 10.0 Å². The molecule has 0 amide bonds. The molecule has 2 aliphatic carbocycles. The summed E-state index contributed by atoms with van der Waals surface area (Å²) in [4.78, 5) is 37.7. The number of para-hydroxylation sites is 1. The normalized spacial score (nSPS) is 28.8. The van der Waals surface area contributed by atoms with Crippen LogP contribution in [-0.4, -0.2) is 24.2 Å². The smallest absolute Gasteiger partial charge is 0.458 e. The van der Waals surface area contributed by atoms with Crippen LogP contribution in [0.15, 0.2) is 24.3 Å². The molecule has 0 saturated heterocycles. The molecule has 0 aromatic heterocycles. The highest BCUT2D eigenvalue weighted by molar-refractivity contribution is 7.71. The number of hydrogen-bond donors (Lipinski definition) is 0. The number of Topliss-reactive ketones (excluding diaryl/α,β-unsaturated/α-hetero) is 2. The van der Waals surface area contributed by atoms with Crippen LogP contribution in [0, 0.1) is 16.7 Å². The highest BCUT2D eigenvalue weighted by Gasteiger charge is 2.76. The minimum atomic E-state index is -2.49. The molecule has 2 aliphatic rings. The number of benzene rings is 1. The first-order valence-corrected chi connectivity index (χ1v) is 8.78. The average Bonchev–Trinajstić information content (AvgIpc) is 2.89. The summed E-state index contributed by atoms with van der Waals surface area (Å²) < 4.78 is 18.1. The van der Waals surface area contributed by atoms with Gasteiger partial charge in [-0.25, -0.2) is 4.79 Å². The van der Waals surface area contributed by atoms with Gasteiger partial charge in [0.05, 0.1) is 7.11 Å². The Kier molecular flexibility index (Phi) is 3.53. The first kappa shape index (κ1) is 16.0. The molecule has 3 rings (SSSR count). The van der Waals surface area contributed by atoms with Crippen LogP contribution in [0.1, 0.15) is 26.7 Å². The Morgan fingerprint density at radius 3 is 2.48 bits per heavy atom. The topological polar surface area (TPSA) is 77.5 Å². The van der Waals surface area contributed by atoms with Gasteiger partial charge in [-0.2, -0.15) is 0 Å². The molecule has 2 saturated carbocycles. The molecule has 23 heavy (non-hydrogen) atoms. The van der Waals surface area contributed by atoms with Crippen LogP contribution in [0.5, 0.6) is 5.75 Å². The summed E-state index contributed by atoms with van der Waals surface area (Å²) in [5, 5.41) is 0.274. The van der Waals surface area contributed by atoms with E-state index in [2.05, 4.69) is 0 Å². The molecule has 1 aromatic rings. The van der Waals surface area contributed by atoms with Gasteiger partial charge in [0.1, 0.15) is 0 Å². The minimum absolute atomic E-state index is 0.274. The fourth-order valence-electron chi connectivity index (χ4n) is 4.13. The number of methoxy groups -OCH3 is 1. The number of carbonyl (C=O) groups is 3. The van der Waals surface area contributed by atoms with Gasteiger partial charge < -0.3 is 4.74 Å². The Bertz CT molecular complexity index is 751. The van der Waals surface area contributed by atoms with Gasteiger partial charge in [0, 0.05) is 5.92 Å². The summed E-state index contributed by atoms with van der Waals surface area (Å²) in [7, 11) is -1.06. The van der Waals surface area contributed by atoms with Crippen LogP contribution in [0.25, 0.3) is 0 Å². The van der Waals surface area contributed by atoms with Crippen molar-refractivity contribution in [2.75, 3.05) is 7.11 Å². The Morgan fingerprint density at radius 2 is 1.91 bits per heavy atom. The van der Waals surface area contributed by atoms with Crippen LogP contribution >= 0.6 is 7.80 Å². The summed E-state index contributed by atoms with van der Waals surface area (Å²) in [6, 6.07) is 6.57. The van der Waals surface area contributed by atoms with Crippen molar-refractivity contribution in [2.24, 2.45) is 16.7 Å². The predicted octanol–water partition coefficient (Wildman–Crippen LogP) is 2.25. The van der Waals surface area contributed by atoms with Gasteiger partial charge in [0.15, 0.2) is 11.2 Å². The molecule has 6 heteroatoms. The number of ketones is 2. The first-order valence-electron chi connectivity index (χ1n) is 7.52. The lowest BCUT2D eigenvalue weighted by atomic mass is 9.70. The van der Waals surface area contributed by atoms with Crippen molar-refractivity contribution < 1.29 is 23.7 Å². The van der Waals surface area contributed by atoms with E-state index in [1.807, 2.05) is 0 Å². The number of carbonyl (C=O) groups excluding carboxylic acids is 3. The van der Waals surface area contributed by atoms with Crippen molar-refractivity contribution in [1.29, 1.82) is 0 Å². The molecule has 1 aromatic carbocycles. The maximum absolute atomic E-state index is 13.1. The van der Waals surface area contributed by atoms with Crippen LogP contribution in [-0.2, 0) is 18.9 Å². The van der Waals surface area contributed by atoms with Gasteiger partial charge in [-0.05, 0) is 30.4 Å². The summed E-state index contributed by atoms with van der Waals surface area (Å²) >= 11 is 0. The SMILES string of the molecule is COc1ccccc1[P+](=O)C(=O)C12CCC(C(=O)C1=O)C2(C)C. The van der Waals surface area contributed by atoms with Gasteiger partial charge in [-0.15, -0.1) is 0 Å². The maximum Gasteiger partial charge on any atom is 0.458 e. The number of hydrogen-bond acceptors (Lipinski definition) is 5. The zero-order valence-electron chi connectivity index (χ0n) is 13.3.